The maximum Gasteiger partial charge on any atom is 0.262 e. The summed E-state index contributed by atoms with van der Waals surface area (Å²) in [5.74, 6) is -2.59. The molecule has 0 bridgehead atoms. The van der Waals surface area contributed by atoms with E-state index in [4.69, 9.17) is 0 Å². The Morgan fingerprint density at radius 1 is 1.06 bits per heavy atom. The van der Waals surface area contributed by atoms with Crippen molar-refractivity contribution >= 4 is 29.3 Å². The fourth-order valence-electron chi connectivity index (χ4n) is 4.02. The second-order valence-corrected chi connectivity index (χ2v) is 7.64. The first-order valence-electron chi connectivity index (χ1n) is 9.90. The number of amides is 3. The molecule has 7 nitrogen and oxygen atoms in total. The van der Waals surface area contributed by atoms with Crippen LogP contribution in [0.1, 0.15) is 51.1 Å². The molecule has 1 N–H and O–H groups in total. The average Bonchev–Trinajstić information content (AvgIpc) is 2.98. The average molecular weight is 422 g/mol. The van der Waals surface area contributed by atoms with Gasteiger partial charge in [0.1, 0.15) is 11.6 Å². The van der Waals surface area contributed by atoms with Crippen molar-refractivity contribution in [1.82, 2.24) is 10.2 Å². The number of carbonyl (C=O) groups is 5. The Labute approximate surface area is 177 Å². The summed E-state index contributed by atoms with van der Waals surface area (Å²) >= 11 is 0. The standard InChI is InChI=1S/C23H19FN2O5/c24-15-5-1-3-13(9-15)10-20(29)25-12-14-4-2-6-17-21(14)23(31)26(22(17)30)18-8-7-16(27)11-19(18)28/h1-6,9,18H,7-8,10-12H2,(H,25,29). The Balaban J connectivity index is 1.50. The molecule has 1 heterocycles. The minimum absolute atomic E-state index is 0.00127. The van der Waals surface area contributed by atoms with Crippen LogP contribution in [0.5, 0.6) is 0 Å². The van der Waals surface area contributed by atoms with E-state index in [0.29, 0.717) is 11.1 Å². The fourth-order valence-corrected chi connectivity index (χ4v) is 4.02. The molecule has 2 aromatic rings. The van der Waals surface area contributed by atoms with Gasteiger partial charge < -0.3 is 5.32 Å². The number of benzene rings is 2. The monoisotopic (exact) mass is 422 g/mol. The van der Waals surface area contributed by atoms with Crippen LogP contribution in [0.3, 0.4) is 0 Å². The minimum atomic E-state index is -0.944. The van der Waals surface area contributed by atoms with Crippen molar-refractivity contribution in [3.05, 3.63) is 70.5 Å². The van der Waals surface area contributed by atoms with E-state index in [1.807, 2.05) is 0 Å². The summed E-state index contributed by atoms with van der Waals surface area (Å²) in [5, 5.41) is 2.69. The van der Waals surface area contributed by atoms with Crippen LogP contribution in [-0.2, 0) is 27.3 Å². The lowest BCUT2D eigenvalue weighted by molar-refractivity contribution is -0.132. The lowest BCUT2D eigenvalue weighted by Crippen LogP contribution is -2.47. The van der Waals surface area contributed by atoms with E-state index >= 15 is 0 Å². The number of carbonyl (C=O) groups excluding carboxylic acids is 5. The number of halogens is 1. The Kier molecular flexibility index (Phi) is 5.46. The fraction of sp³-hybridized carbons (Fsp3) is 0.261. The Morgan fingerprint density at radius 3 is 2.58 bits per heavy atom. The first kappa shape index (κ1) is 20.6. The van der Waals surface area contributed by atoms with Crippen molar-refractivity contribution < 1.29 is 28.4 Å². The molecule has 2 aliphatic rings. The molecule has 1 atom stereocenters. The Hall–Kier alpha value is -3.68. The molecule has 1 aliphatic carbocycles. The zero-order valence-electron chi connectivity index (χ0n) is 16.5. The molecule has 158 valence electrons. The highest BCUT2D eigenvalue weighted by Gasteiger charge is 2.45. The van der Waals surface area contributed by atoms with Gasteiger partial charge in [0, 0.05) is 13.0 Å². The van der Waals surface area contributed by atoms with Crippen molar-refractivity contribution in [3.8, 4) is 0 Å². The largest absolute Gasteiger partial charge is 0.352 e. The third kappa shape index (κ3) is 4.01. The smallest absolute Gasteiger partial charge is 0.262 e. The number of rotatable bonds is 5. The number of ketones is 2. The predicted molar refractivity (Wildman–Crippen MR) is 107 cm³/mol. The maximum atomic E-state index is 13.3. The number of nitrogens with zero attached hydrogens (tertiary/aromatic N) is 1. The van der Waals surface area contributed by atoms with Crippen LogP contribution in [0.15, 0.2) is 42.5 Å². The minimum Gasteiger partial charge on any atom is -0.352 e. The summed E-state index contributed by atoms with van der Waals surface area (Å²) in [6.45, 7) is 0.00127. The molecule has 0 aromatic heterocycles. The van der Waals surface area contributed by atoms with E-state index in [1.54, 1.807) is 18.2 Å². The summed E-state index contributed by atoms with van der Waals surface area (Å²) in [6.07, 6.45) is -0.0346. The van der Waals surface area contributed by atoms with Gasteiger partial charge in [-0.25, -0.2) is 4.39 Å². The second-order valence-electron chi connectivity index (χ2n) is 7.64. The number of Topliss-reactive ketones (excluding diaryl/α,β-unsaturated/α-hetero) is 2. The van der Waals surface area contributed by atoms with Crippen LogP contribution in [0.25, 0.3) is 0 Å². The van der Waals surface area contributed by atoms with Crippen LogP contribution < -0.4 is 5.32 Å². The lowest BCUT2D eigenvalue weighted by atomic mass is 9.92. The van der Waals surface area contributed by atoms with Crippen molar-refractivity contribution in [2.45, 2.75) is 38.3 Å². The maximum absolute atomic E-state index is 13.3. The van der Waals surface area contributed by atoms with Gasteiger partial charge in [-0.1, -0.05) is 24.3 Å². The molecule has 0 radical (unpaired) electrons. The van der Waals surface area contributed by atoms with Gasteiger partial charge in [0.15, 0.2) is 5.78 Å². The van der Waals surface area contributed by atoms with Crippen LogP contribution >= 0.6 is 0 Å². The van der Waals surface area contributed by atoms with E-state index in [0.717, 1.165) is 4.90 Å². The third-order valence-electron chi connectivity index (χ3n) is 5.51. The molecule has 3 amide bonds. The first-order chi connectivity index (χ1) is 14.8. The van der Waals surface area contributed by atoms with E-state index in [-0.39, 0.29) is 55.0 Å². The Bertz CT molecular complexity index is 1130. The number of hydrogen-bond acceptors (Lipinski definition) is 5. The zero-order chi connectivity index (χ0) is 22.1. The molecule has 4 rings (SSSR count). The molecular weight excluding hydrogens is 403 g/mol. The molecule has 1 saturated carbocycles. The molecule has 0 spiro atoms. The molecule has 2 aromatic carbocycles. The highest BCUT2D eigenvalue weighted by molar-refractivity contribution is 6.24. The third-order valence-corrected chi connectivity index (χ3v) is 5.51. The first-order valence-corrected chi connectivity index (χ1v) is 9.90. The van der Waals surface area contributed by atoms with E-state index in [1.165, 1.54) is 24.3 Å². The highest BCUT2D eigenvalue weighted by atomic mass is 19.1. The van der Waals surface area contributed by atoms with E-state index in [9.17, 15) is 28.4 Å². The number of nitrogens with one attached hydrogen (secondary N) is 1. The molecule has 8 heteroatoms. The van der Waals surface area contributed by atoms with Gasteiger partial charge >= 0.3 is 0 Å². The van der Waals surface area contributed by atoms with E-state index < -0.39 is 29.5 Å². The number of fused-ring (bicyclic) bond motifs is 1. The number of hydrogen-bond donors (Lipinski definition) is 1. The predicted octanol–water partition coefficient (Wildman–Crippen LogP) is 1.97. The summed E-state index contributed by atoms with van der Waals surface area (Å²) in [7, 11) is 0. The molecule has 1 aliphatic heterocycles. The Morgan fingerprint density at radius 2 is 1.84 bits per heavy atom. The van der Waals surface area contributed by atoms with Gasteiger partial charge in [0.05, 0.1) is 30.0 Å². The van der Waals surface area contributed by atoms with Gasteiger partial charge in [-0.2, -0.15) is 0 Å². The zero-order valence-corrected chi connectivity index (χ0v) is 16.5. The molecule has 1 unspecified atom stereocenters. The van der Waals surface area contributed by atoms with Gasteiger partial charge in [-0.15, -0.1) is 0 Å². The van der Waals surface area contributed by atoms with Crippen LogP contribution in [0.4, 0.5) is 4.39 Å². The summed E-state index contributed by atoms with van der Waals surface area (Å²) in [6, 6.07) is 9.50. The van der Waals surface area contributed by atoms with Crippen LogP contribution in [0, 0.1) is 5.82 Å². The highest BCUT2D eigenvalue weighted by Crippen LogP contribution is 2.31. The van der Waals surface area contributed by atoms with Gasteiger partial charge in [-0.05, 0) is 35.7 Å². The SMILES string of the molecule is O=C1CCC(N2C(=O)c3cccc(CNC(=O)Cc4cccc(F)c4)c3C2=O)C(=O)C1. The van der Waals surface area contributed by atoms with Crippen LogP contribution in [0.2, 0.25) is 0 Å². The summed E-state index contributed by atoms with van der Waals surface area (Å²) in [4.78, 5) is 62.9. The molecule has 0 saturated heterocycles. The number of imide groups is 1. The van der Waals surface area contributed by atoms with Gasteiger partial charge in [-0.3, -0.25) is 28.9 Å². The quantitative estimate of drug-likeness (QED) is 0.587. The van der Waals surface area contributed by atoms with Gasteiger partial charge in [0.25, 0.3) is 11.8 Å². The van der Waals surface area contributed by atoms with E-state index in [2.05, 4.69) is 5.32 Å². The molecule has 31 heavy (non-hydrogen) atoms. The van der Waals surface area contributed by atoms with Crippen molar-refractivity contribution in [2.24, 2.45) is 0 Å². The second kappa shape index (κ2) is 8.22. The van der Waals surface area contributed by atoms with Crippen LogP contribution in [-0.4, -0.2) is 40.2 Å². The molecular formula is C23H19FN2O5. The lowest BCUT2D eigenvalue weighted by Gasteiger charge is -2.27. The van der Waals surface area contributed by atoms with Crippen molar-refractivity contribution in [2.75, 3.05) is 0 Å². The topological polar surface area (TPSA) is 101 Å². The summed E-state index contributed by atoms with van der Waals surface area (Å²) < 4.78 is 13.3. The van der Waals surface area contributed by atoms with Gasteiger partial charge in [0.2, 0.25) is 5.91 Å². The normalized spacial score (nSPS) is 18.4. The molecule has 1 fully saturated rings. The summed E-state index contributed by atoms with van der Waals surface area (Å²) in [5.41, 5.74) is 1.29. The van der Waals surface area contributed by atoms with Crippen molar-refractivity contribution in [3.63, 3.8) is 0 Å². The van der Waals surface area contributed by atoms with Crippen molar-refractivity contribution in [1.29, 1.82) is 0 Å².